The molecule has 35 heavy (non-hydrogen) atoms. The average Bonchev–Trinajstić information content (AvgIpc) is 3.40. The van der Waals surface area contributed by atoms with Crippen LogP contribution in [0.3, 0.4) is 0 Å². The van der Waals surface area contributed by atoms with E-state index < -0.39 is 0 Å². The van der Waals surface area contributed by atoms with Crippen LogP contribution >= 0.6 is 0 Å². The molecule has 0 aliphatic carbocycles. The van der Waals surface area contributed by atoms with E-state index in [4.69, 9.17) is 0 Å². The Kier molecular flexibility index (Phi) is 8.14. The van der Waals surface area contributed by atoms with Crippen molar-refractivity contribution < 1.29 is 9.59 Å². The molecule has 6 heteroatoms. The van der Waals surface area contributed by atoms with Crippen LogP contribution in [0.1, 0.15) is 29.5 Å². The van der Waals surface area contributed by atoms with Gasteiger partial charge in [0.15, 0.2) is 0 Å². The number of aromatic nitrogens is 2. The zero-order chi connectivity index (χ0) is 24.6. The molecule has 1 saturated heterocycles. The van der Waals surface area contributed by atoms with Gasteiger partial charge in [-0.2, -0.15) is 5.10 Å². The van der Waals surface area contributed by atoms with E-state index in [1.165, 1.54) is 11.1 Å². The number of benzene rings is 2. The Balaban J connectivity index is 1.43. The Labute approximate surface area is 207 Å². The lowest BCUT2D eigenvalue weighted by Crippen LogP contribution is -2.49. The number of likely N-dealkylation sites (tertiary alicyclic amines) is 1. The summed E-state index contributed by atoms with van der Waals surface area (Å²) in [6.45, 7) is 3.76. The minimum Gasteiger partial charge on any atom is -0.341 e. The lowest BCUT2D eigenvalue weighted by molar-refractivity contribution is -0.135. The van der Waals surface area contributed by atoms with Gasteiger partial charge in [0, 0.05) is 44.6 Å². The van der Waals surface area contributed by atoms with Crippen LogP contribution in [0.4, 0.5) is 0 Å². The van der Waals surface area contributed by atoms with Crippen LogP contribution < -0.4 is 0 Å². The quantitative estimate of drug-likeness (QED) is 0.464. The summed E-state index contributed by atoms with van der Waals surface area (Å²) in [4.78, 5) is 29.8. The molecule has 2 amide bonds. The number of carbonyl (C=O) groups excluding carboxylic acids is 2. The van der Waals surface area contributed by atoms with Crippen LogP contribution in [0, 0.1) is 12.8 Å². The fourth-order valence-corrected chi connectivity index (χ4v) is 4.85. The SMILES string of the molecule is Cc1ccccc1C[C@@H](C1CCN(C(=O)/C=C/c2ccccc2)CC1)N(C)C(=O)Cn1cccn1. The highest BCUT2D eigenvalue weighted by Crippen LogP contribution is 2.28. The highest BCUT2D eigenvalue weighted by atomic mass is 16.2. The molecular formula is C29H34N4O2. The van der Waals surface area contributed by atoms with Crippen molar-refractivity contribution in [3.05, 3.63) is 95.8 Å². The van der Waals surface area contributed by atoms with Gasteiger partial charge in [0.2, 0.25) is 11.8 Å². The van der Waals surface area contributed by atoms with E-state index in [2.05, 4.69) is 30.2 Å². The van der Waals surface area contributed by atoms with Gasteiger partial charge >= 0.3 is 0 Å². The molecule has 0 saturated carbocycles. The molecule has 1 aromatic heterocycles. The van der Waals surface area contributed by atoms with E-state index in [0.717, 1.165) is 24.8 Å². The average molecular weight is 471 g/mol. The summed E-state index contributed by atoms with van der Waals surface area (Å²) in [6.07, 6.45) is 9.60. The second-order valence-electron chi connectivity index (χ2n) is 9.31. The monoisotopic (exact) mass is 470 g/mol. The van der Waals surface area contributed by atoms with Crippen molar-refractivity contribution in [3.8, 4) is 0 Å². The Morgan fingerprint density at radius 1 is 1.06 bits per heavy atom. The van der Waals surface area contributed by atoms with Crippen molar-refractivity contribution in [2.75, 3.05) is 20.1 Å². The van der Waals surface area contributed by atoms with Crippen molar-refractivity contribution in [3.63, 3.8) is 0 Å². The smallest absolute Gasteiger partial charge is 0.246 e. The topological polar surface area (TPSA) is 58.4 Å². The zero-order valence-corrected chi connectivity index (χ0v) is 20.6. The first-order valence-electron chi connectivity index (χ1n) is 12.3. The van der Waals surface area contributed by atoms with Crippen molar-refractivity contribution >= 4 is 17.9 Å². The van der Waals surface area contributed by atoms with Gasteiger partial charge in [0.05, 0.1) is 0 Å². The minimum atomic E-state index is 0.0471. The Bertz CT molecular complexity index is 1130. The summed E-state index contributed by atoms with van der Waals surface area (Å²) in [6, 6.07) is 20.2. The molecule has 0 spiro atoms. The molecular weight excluding hydrogens is 436 g/mol. The molecule has 2 aromatic carbocycles. The van der Waals surface area contributed by atoms with Crippen LogP contribution in [0.2, 0.25) is 0 Å². The van der Waals surface area contributed by atoms with Crippen LogP contribution in [-0.2, 0) is 22.6 Å². The van der Waals surface area contributed by atoms with Crippen molar-refractivity contribution in [2.45, 2.75) is 38.8 Å². The van der Waals surface area contributed by atoms with Crippen LogP contribution in [0.5, 0.6) is 0 Å². The van der Waals surface area contributed by atoms with Gasteiger partial charge in [-0.3, -0.25) is 14.3 Å². The number of carbonyl (C=O) groups is 2. The molecule has 3 aromatic rings. The number of rotatable bonds is 8. The molecule has 2 heterocycles. The lowest BCUT2D eigenvalue weighted by Gasteiger charge is -2.40. The standard InChI is InChI=1S/C29H34N4O2/c1-23-9-6-7-12-26(23)21-27(31(2)29(35)22-33-18-8-17-30-33)25-15-19-32(20-16-25)28(34)14-13-24-10-4-3-5-11-24/h3-14,17-18,25,27H,15-16,19-22H2,1-2H3/b14-13+/t27-/m0/s1. The van der Waals surface area contributed by atoms with E-state index >= 15 is 0 Å². The second kappa shape index (κ2) is 11.6. The van der Waals surface area contributed by atoms with Gasteiger partial charge < -0.3 is 9.80 Å². The lowest BCUT2D eigenvalue weighted by atomic mass is 9.84. The maximum Gasteiger partial charge on any atom is 0.246 e. The number of hydrogen-bond donors (Lipinski definition) is 0. The first-order chi connectivity index (χ1) is 17.0. The molecule has 6 nitrogen and oxygen atoms in total. The zero-order valence-electron chi connectivity index (χ0n) is 20.6. The molecule has 0 bridgehead atoms. The first kappa shape index (κ1) is 24.5. The molecule has 1 atom stereocenters. The van der Waals surface area contributed by atoms with Gasteiger partial charge in [0.25, 0.3) is 0 Å². The number of nitrogens with zero attached hydrogens (tertiary/aromatic N) is 4. The maximum absolute atomic E-state index is 13.2. The third kappa shape index (κ3) is 6.47. The highest BCUT2D eigenvalue weighted by Gasteiger charge is 2.32. The molecule has 1 fully saturated rings. The van der Waals surface area contributed by atoms with Crippen molar-refractivity contribution in [2.24, 2.45) is 5.92 Å². The fourth-order valence-electron chi connectivity index (χ4n) is 4.85. The minimum absolute atomic E-state index is 0.0471. The van der Waals surface area contributed by atoms with Crippen molar-refractivity contribution in [1.82, 2.24) is 19.6 Å². The Morgan fingerprint density at radius 3 is 2.46 bits per heavy atom. The van der Waals surface area contributed by atoms with E-state index in [9.17, 15) is 9.59 Å². The predicted octanol–water partition coefficient (Wildman–Crippen LogP) is 4.21. The molecule has 0 unspecified atom stereocenters. The van der Waals surface area contributed by atoms with E-state index in [1.54, 1.807) is 17.0 Å². The largest absolute Gasteiger partial charge is 0.341 e. The summed E-state index contributed by atoms with van der Waals surface area (Å²) >= 11 is 0. The molecule has 182 valence electrons. The predicted molar refractivity (Wildman–Crippen MR) is 138 cm³/mol. The van der Waals surface area contributed by atoms with Gasteiger partial charge in [-0.05, 0) is 60.9 Å². The van der Waals surface area contributed by atoms with E-state index in [1.807, 2.05) is 71.6 Å². The Morgan fingerprint density at radius 2 is 1.77 bits per heavy atom. The molecule has 1 aliphatic heterocycles. The van der Waals surface area contributed by atoms with Gasteiger partial charge in [-0.25, -0.2) is 0 Å². The normalized spacial score (nSPS) is 15.3. The second-order valence-corrected chi connectivity index (χ2v) is 9.31. The fraction of sp³-hybridized carbons (Fsp3) is 0.345. The summed E-state index contributed by atoms with van der Waals surface area (Å²) in [5, 5.41) is 4.20. The molecule has 0 radical (unpaired) electrons. The van der Waals surface area contributed by atoms with Gasteiger partial charge in [0.1, 0.15) is 6.54 Å². The molecule has 4 rings (SSSR count). The summed E-state index contributed by atoms with van der Waals surface area (Å²) in [5.74, 6) is 0.422. The number of likely N-dealkylation sites (N-methyl/N-ethyl adjacent to an activating group) is 1. The number of hydrogen-bond acceptors (Lipinski definition) is 3. The number of piperidine rings is 1. The van der Waals surface area contributed by atoms with Crippen LogP contribution in [0.25, 0.3) is 6.08 Å². The number of amides is 2. The van der Waals surface area contributed by atoms with Crippen LogP contribution in [-0.4, -0.2) is 57.6 Å². The molecule has 0 N–H and O–H groups in total. The van der Waals surface area contributed by atoms with Gasteiger partial charge in [-0.15, -0.1) is 0 Å². The highest BCUT2D eigenvalue weighted by molar-refractivity contribution is 5.91. The summed E-state index contributed by atoms with van der Waals surface area (Å²) in [7, 11) is 1.91. The van der Waals surface area contributed by atoms with E-state index in [0.29, 0.717) is 19.0 Å². The van der Waals surface area contributed by atoms with Crippen molar-refractivity contribution in [1.29, 1.82) is 0 Å². The summed E-state index contributed by atoms with van der Waals surface area (Å²) in [5.41, 5.74) is 3.52. The summed E-state index contributed by atoms with van der Waals surface area (Å²) < 4.78 is 1.67. The third-order valence-corrected chi connectivity index (χ3v) is 7.05. The Hall–Kier alpha value is -3.67. The third-order valence-electron chi connectivity index (χ3n) is 7.05. The maximum atomic E-state index is 13.2. The molecule has 1 aliphatic rings. The van der Waals surface area contributed by atoms with E-state index in [-0.39, 0.29) is 24.4 Å². The first-order valence-corrected chi connectivity index (χ1v) is 12.3. The number of aryl methyl sites for hydroxylation is 1. The van der Waals surface area contributed by atoms with Crippen LogP contribution in [0.15, 0.2) is 79.1 Å². The van der Waals surface area contributed by atoms with Gasteiger partial charge in [-0.1, -0.05) is 54.6 Å².